The van der Waals surface area contributed by atoms with Crippen molar-refractivity contribution >= 4 is 23.4 Å². The highest BCUT2D eigenvalue weighted by atomic mass is 35.5. The van der Waals surface area contributed by atoms with Gasteiger partial charge in [-0.3, -0.25) is 14.8 Å². The van der Waals surface area contributed by atoms with E-state index in [0.29, 0.717) is 18.3 Å². The molecule has 1 saturated heterocycles. The fourth-order valence-corrected chi connectivity index (χ4v) is 4.71. The Balaban J connectivity index is 0.00000274. The summed E-state index contributed by atoms with van der Waals surface area (Å²) in [6.45, 7) is 5.08. The van der Waals surface area contributed by atoms with Gasteiger partial charge in [-0.15, -0.1) is 12.4 Å². The van der Waals surface area contributed by atoms with Crippen LogP contribution in [0.4, 0.5) is 0 Å². The van der Waals surface area contributed by atoms with Crippen molar-refractivity contribution in [3.05, 3.63) is 58.3 Å². The average molecular weight is 486 g/mol. The number of hydrogen-bond acceptors (Lipinski definition) is 7. The predicted octanol–water partition coefficient (Wildman–Crippen LogP) is 2.80. The number of piperidine rings is 1. The number of aryl methyl sites for hydroxylation is 1. The van der Waals surface area contributed by atoms with Crippen LogP contribution in [0.2, 0.25) is 0 Å². The SMILES string of the molecule is COc1cnc2ccc(=O)n(CCN3CCC(NCc4cc5c(cn4)CCCO5)CC3)c2c1.Cl. The summed E-state index contributed by atoms with van der Waals surface area (Å²) in [5.74, 6) is 1.66. The van der Waals surface area contributed by atoms with Crippen LogP contribution in [0.3, 0.4) is 0 Å². The Morgan fingerprint density at radius 1 is 1.15 bits per heavy atom. The van der Waals surface area contributed by atoms with E-state index in [0.717, 1.165) is 80.9 Å². The molecule has 3 aromatic heterocycles. The Bertz CT molecular complexity index is 1180. The number of likely N-dealkylation sites (tertiary alicyclic amines) is 1. The van der Waals surface area contributed by atoms with Crippen molar-refractivity contribution < 1.29 is 9.47 Å². The lowest BCUT2D eigenvalue weighted by Gasteiger charge is -2.32. The number of aromatic nitrogens is 3. The second-order valence-electron chi connectivity index (χ2n) is 8.83. The molecule has 182 valence electrons. The van der Waals surface area contributed by atoms with Gasteiger partial charge in [-0.25, -0.2) is 0 Å². The number of ether oxygens (including phenoxy) is 2. The molecule has 0 atom stereocenters. The van der Waals surface area contributed by atoms with Crippen LogP contribution in [0.1, 0.15) is 30.5 Å². The first-order valence-corrected chi connectivity index (χ1v) is 11.8. The molecule has 0 aliphatic carbocycles. The van der Waals surface area contributed by atoms with E-state index in [1.54, 1.807) is 30.0 Å². The van der Waals surface area contributed by atoms with Crippen molar-refractivity contribution in [2.75, 3.05) is 33.4 Å². The highest BCUT2D eigenvalue weighted by Crippen LogP contribution is 2.24. The number of halogens is 1. The van der Waals surface area contributed by atoms with Crippen molar-refractivity contribution in [3.63, 3.8) is 0 Å². The maximum absolute atomic E-state index is 12.5. The molecule has 0 aromatic carbocycles. The molecular formula is C25H32ClN5O3. The first kappa shape index (κ1) is 24.4. The minimum absolute atomic E-state index is 0. The molecule has 0 bridgehead atoms. The van der Waals surface area contributed by atoms with E-state index in [1.165, 1.54) is 5.56 Å². The standard InChI is InChI=1S/C25H31N5O3.ClH/c1-32-21-14-23-22(28-17-21)4-5-25(31)30(23)11-10-29-8-6-19(7-9-29)27-16-20-13-24-18(15-26-20)3-2-12-33-24;/h4-5,13-15,17,19,27H,2-3,6-12,16H2,1H3;1H. The zero-order chi connectivity index (χ0) is 22.6. The summed E-state index contributed by atoms with van der Waals surface area (Å²) in [5, 5.41) is 3.66. The summed E-state index contributed by atoms with van der Waals surface area (Å²) in [6, 6.07) is 7.82. The van der Waals surface area contributed by atoms with Gasteiger partial charge in [-0.2, -0.15) is 0 Å². The van der Waals surface area contributed by atoms with Gasteiger partial charge in [0.25, 0.3) is 5.56 Å². The van der Waals surface area contributed by atoms with Crippen LogP contribution in [0, 0.1) is 0 Å². The summed E-state index contributed by atoms with van der Waals surface area (Å²) in [6.07, 6.45) is 7.95. The molecule has 5 heterocycles. The van der Waals surface area contributed by atoms with E-state index < -0.39 is 0 Å². The summed E-state index contributed by atoms with van der Waals surface area (Å²) < 4.78 is 12.9. The Morgan fingerprint density at radius 3 is 2.82 bits per heavy atom. The molecule has 0 saturated carbocycles. The molecule has 1 N–H and O–H groups in total. The van der Waals surface area contributed by atoms with Crippen molar-refractivity contribution in [3.8, 4) is 11.5 Å². The number of rotatable bonds is 7. The maximum atomic E-state index is 12.5. The minimum atomic E-state index is -0.00404. The molecule has 3 aromatic rings. The Kier molecular flexibility index (Phi) is 8.03. The number of methoxy groups -OCH3 is 1. The lowest BCUT2D eigenvalue weighted by Crippen LogP contribution is -2.43. The summed E-state index contributed by atoms with van der Waals surface area (Å²) in [5.41, 5.74) is 3.88. The fraction of sp³-hybridized carbons (Fsp3) is 0.480. The highest BCUT2D eigenvalue weighted by Gasteiger charge is 2.20. The summed E-state index contributed by atoms with van der Waals surface area (Å²) in [4.78, 5) is 24.0. The highest BCUT2D eigenvalue weighted by molar-refractivity contribution is 5.85. The monoisotopic (exact) mass is 485 g/mol. The van der Waals surface area contributed by atoms with Gasteiger partial charge in [0.05, 0.1) is 36.6 Å². The second kappa shape index (κ2) is 11.2. The molecule has 0 unspecified atom stereocenters. The van der Waals surface area contributed by atoms with Crippen LogP contribution in [0.5, 0.6) is 11.5 Å². The van der Waals surface area contributed by atoms with Gasteiger partial charge in [0.15, 0.2) is 0 Å². The number of pyridine rings is 3. The Labute approximate surface area is 205 Å². The second-order valence-corrected chi connectivity index (χ2v) is 8.83. The largest absolute Gasteiger partial charge is 0.495 e. The number of nitrogens with zero attached hydrogens (tertiary/aromatic N) is 4. The van der Waals surface area contributed by atoms with E-state index in [-0.39, 0.29) is 18.0 Å². The molecular weight excluding hydrogens is 454 g/mol. The van der Waals surface area contributed by atoms with Gasteiger partial charge in [0.1, 0.15) is 11.5 Å². The third-order valence-corrected chi connectivity index (χ3v) is 6.70. The Morgan fingerprint density at radius 2 is 2.00 bits per heavy atom. The first-order chi connectivity index (χ1) is 16.2. The number of nitrogens with one attached hydrogen (secondary N) is 1. The van der Waals surface area contributed by atoms with Crippen LogP contribution in [0.25, 0.3) is 11.0 Å². The molecule has 5 rings (SSSR count). The lowest BCUT2D eigenvalue weighted by molar-refractivity contribution is 0.191. The molecule has 0 spiro atoms. The average Bonchev–Trinajstić information content (AvgIpc) is 2.87. The zero-order valence-corrected chi connectivity index (χ0v) is 20.4. The fourth-order valence-electron chi connectivity index (χ4n) is 4.71. The van der Waals surface area contributed by atoms with Gasteiger partial charge >= 0.3 is 0 Å². The van der Waals surface area contributed by atoms with Crippen LogP contribution in [0.15, 0.2) is 41.5 Å². The zero-order valence-electron chi connectivity index (χ0n) is 19.5. The normalized spacial score (nSPS) is 16.5. The quantitative estimate of drug-likeness (QED) is 0.551. The van der Waals surface area contributed by atoms with E-state index in [4.69, 9.17) is 9.47 Å². The summed E-state index contributed by atoms with van der Waals surface area (Å²) >= 11 is 0. The third-order valence-electron chi connectivity index (χ3n) is 6.70. The van der Waals surface area contributed by atoms with Gasteiger partial charge in [-0.05, 0) is 44.8 Å². The van der Waals surface area contributed by atoms with Crippen LogP contribution in [-0.2, 0) is 19.5 Å². The molecule has 9 heteroatoms. The topological polar surface area (TPSA) is 81.5 Å². The molecule has 1 fully saturated rings. The van der Waals surface area contributed by atoms with Crippen molar-refractivity contribution in [2.24, 2.45) is 0 Å². The van der Waals surface area contributed by atoms with Gasteiger partial charge in [0, 0.05) is 55.6 Å². The molecule has 2 aliphatic heterocycles. The van der Waals surface area contributed by atoms with Crippen molar-refractivity contribution in [1.82, 2.24) is 24.8 Å². The predicted molar refractivity (Wildman–Crippen MR) is 134 cm³/mol. The van der Waals surface area contributed by atoms with Crippen LogP contribution >= 0.6 is 12.4 Å². The Hall–Kier alpha value is -2.68. The van der Waals surface area contributed by atoms with Gasteiger partial charge in [-0.1, -0.05) is 0 Å². The van der Waals surface area contributed by atoms with E-state index >= 15 is 0 Å². The van der Waals surface area contributed by atoms with Crippen molar-refractivity contribution in [2.45, 2.75) is 44.8 Å². The van der Waals surface area contributed by atoms with Gasteiger partial charge < -0.3 is 24.3 Å². The van der Waals surface area contributed by atoms with Crippen LogP contribution in [-0.4, -0.2) is 58.8 Å². The number of fused-ring (bicyclic) bond motifs is 2. The van der Waals surface area contributed by atoms with E-state index in [1.807, 2.05) is 12.3 Å². The molecule has 2 aliphatic rings. The molecule has 34 heavy (non-hydrogen) atoms. The molecule has 0 radical (unpaired) electrons. The number of hydrogen-bond donors (Lipinski definition) is 1. The van der Waals surface area contributed by atoms with E-state index in [9.17, 15) is 4.79 Å². The van der Waals surface area contributed by atoms with E-state index in [2.05, 4.69) is 26.3 Å². The lowest BCUT2D eigenvalue weighted by atomic mass is 10.0. The minimum Gasteiger partial charge on any atom is -0.495 e. The van der Waals surface area contributed by atoms with Gasteiger partial charge in [0.2, 0.25) is 0 Å². The first-order valence-electron chi connectivity index (χ1n) is 11.8. The third kappa shape index (κ3) is 5.51. The summed E-state index contributed by atoms with van der Waals surface area (Å²) in [7, 11) is 1.61. The smallest absolute Gasteiger partial charge is 0.251 e. The van der Waals surface area contributed by atoms with Crippen LogP contribution < -0.4 is 20.3 Å². The molecule has 8 nitrogen and oxygen atoms in total. The van der Waals surface area contributed by atoms with Crippen molar-refractivity contribution in [1.29, 1.82) is 0 Å². The molecule has 0 amide bonds. The maximum Gasteiger partial charge on any atom is 0.251 e.